The second-order valence-electron chi connectivity index (χ2n) is 11.0. The van der Waals surface area contributed by atoms with Crippen molar-refractivity contribution in [2.75, 3.05) is 46.5 Å². The molecule has 2 aromatic carbocycles. The Bertz CT molecular complexity index is 1200. The van der Waals surface area contributed by atoms with Crippen molar-refractivity contribution in [1.29, 1.82) is 0 Å². The molecule has 0 spiro atoms. The van der Waals surface area contributed by atoms with Crippen LogP contribution in [0.15, 0.2) is 48.0 Å². The van der Waals surface area contributed by atoms with Gasteiger partial charge in [-0.25, -0.2) is 0 Å². The molecule has 0 aromatic heterocycles. The van der Waals surface area contributed by atoms with Crippen LogP contribution in [0.2, 0.25) is 0 Å². The molecule has 1 amide bonds. The first-order valence-corrected chi connectivity index (χ1v) is 15.3. The van der Waals surface area contributed by atoms with Crippen molar-refractivity contribution in [2.24, 2.45) is 5.92 Å². The number of benzene rings is 2. The molecule has 2 aromatic rings. The summed E-state index contributed by atoms with van der Waals surface area (Å²) in [5, 5.41) is 11.5. The first-order chi connectivity index (χ1) is 20.2. The van der Waals surface area contributed by atoms with E-state index in [1.54, 1.807) is 42.3 Å². The van der Waals surface area contributed by atoms with E-state index in [1.165, 1.54) is 0 Å². The first-order valence-electron chi connectivity index (χ1n) is 15.3. The molecule has 1 unspecified atom stereocenters. The van der Waals surface area contributed by atoms with E-state index in [1.807, 2.05) is 12.1 Å². The number of ketones is 1. The number of unbranched alkanes of at least 4 members (excludes halogenated alkanes) is 1. The summed E-state index contributed by atoms with van der Waals surface area (Å²) in [6.45, 7) is 14.7. The van der Waals surface area contributed by atoms with Gasteiger partial charge in [0.15, 0.2) is 11.5 Å². The lowest BCUT2D eigenvalue weighted by Crippen LogP contribution is -2.33. The number of likely N-dealkylation sites (tertiary alicyclic amines) is 1. The maximum absolute atomic E-state index is 13.5. The summed E-state index contributed by atoms with van der Waals surface area (Å²) in [5.74, 6) is 0.782. The van der Waals surface area contributed by atoms with Crippen LogP contribution in [0.3, 0.4) is 0 Å². The lowest BCUT2D eigenvalue weighted by atomic mass is 9.95. The number of amides is 1. The van der Waals surface area contributed by atoms with Gasteiger partial charge in [0.1, 0.15) is 11.5 Å². The number of aliphatic hydroxyl groups is 1. The summed E-state index contributed by atoms with van der Waals surface area (Å²) in [4.78, 5) is 30.8. The van der Waals surface area contributed by atoms with E-state index in [0.717, 1.165) is 38.9 Å². The molecule has 1 saturated heterocycles. The summed E-state index contributed by atoms with van der Waals surface area (Å²) in [7, 11) is 1.57. The monoisotopic (exact) mass is 580 g/mol. The van der Waals surface area contributed by atoms with Crippen molar-refractivity contribution < 1.29 is 28.9 Å². The average Bonchev–Trinajstić information content (AvgIpc) is 3.24. The SMILES string of the molecule is CCCCOc1ccc(C(O)=C2C(=O)C(=O)N(CCCN(CC)CC)C2c2ccc(OCCC(C)C)c(OC)c2)cc1. The highest BCUT2D eigenvalue weighted by molar-refractivity contribution is 6.46. The summed E-state index contributed by atoms with van der Waals surface area (Å²) < 4.78 is 17.4. The van der Waals surface area contributed by atoms with Crippen molar-refractivity contribution in [3.63, 3.8) is 0 Å². The van der Waals surface area contributed by atoms with Crippen LogP contribution in [-0.2, 0) is 9.59 Å². The Hall–Kier alpha value is -3.52. The van der Waals surface area contributed by atoms with Gasteiger partial charge in [-0.05, 0) is 86.8 Å². The van der Waals surface area contributed by atoms with E-state index in [4.69, 9.17) is 14.2 Å². The van der Waals surface area contributed by atoms with E-state index in [-0.39, 0.29) is 11.3 Å². The fraction of sp³-hybridized carbons (Fsp3) is 0.529. The maximum Gasteiger partial charge on any atom is 0.295 e. The molecule has 8 nitrogen and oxygen atoms in total. The molecule has 1 aliphatic heterocycles. The van der Waals surface area contributed by atoms with Crippen LogP contribution in [-0.4, -0.2) is 73.1 Å². The number of nitrogens with zero attached hydrogens (tertiary/aromatic N) is 2. The van der Waals surface area contributed by atoms with Gasteiger partial charge in [-0.15, -0.1) is 0 Å². The van der Waals surface area contributed by atoms with Crippen molar-refractivity contribution in [3.05, 3.63) is 59.2 Å². The minimum absolute atomic E-state index is 0.0676. The zero-order chi connectivity index (χ0) is 30.6. The van der Waals surface area contributed by atoms with Gasteiger partial charge in [0, 0.05) is 12.1 Å². The van der Waals surface area contributed by atoms with Gasteiger partial charge in [0.25, 0.3) is 11.7 Å². The zero-order valence-corrected chi connectivity index (χ0v) is 26.2. The third-order valence-corrected chi connectivity index (χ3v) is 7.66. The molecule has 1 fully saturated rings. The largest absolute Gasteiger partial charge is 0.507 e. The molecule has 1 N–H and O–H groups in total. The molecule has 1 atom stereocenters. The standard InChI is InChI=1S/C34H48N2O6/c1-7-10-21-41-27-15-12-25(13-16-27)32(37)30-31(36(34(39)33(30)38)20-11-19-35(8-2)9-3)26-14-17-28(29(23-26)40-6)42-22-18-24(4)5/h12-17,23-24,31,37H,7-11,18-22H2,1-6H3. The lowest BCUT2D eigenvalue weighted by Gasteiger charge is -2.27. The minimum Gasteiger partial charge on any atom is -0.507 e. The van der Waals surface area contributed by atoms with Gasteiger partial charge < -0.3 is 29.1 Å². The molecule has 0 aliphatic carbocycles. The summed E-state index contributed by atoms with van der Waals surface area (Å²) >= 11 is 0. The fourth-order valence-electron chi connectivity index (χ4n) is 5.04. The molecule has 0 radical (unpaired) electrons. The number of hydrogen-bond donors (Lipinski definition) is 1. The molecule has 42 heavy (non-hydrogen) atoms. The predicted molar refractivity (Wildman–Crippen MR) is 166 cm³/mol. The Morgan fingerprint density at radius 1 is 0.952 bits per heavy atom. The molecular formula is C34H48N2O6. The molecule has 1 aliphatic rings. The van der Waals surface area contributed by atoms with Crippen LogP contribution in [0.5, 0.6) is 17.2 Å². The summed E-state index contributed by atoms with van der Waals surface area (Å²) in [6, 6.07) is 11.7. The number of aliphatic hydroxyl groups excluding tert-OH is 1. The van der Waals surface area contributed by atoms with E-state index in [9.17, 15) is 14.7 Å². The van der Waals surface area contributed by atoms with Crippen molar-refractivity contribution in [2.45, 2.75) is 66.3 Å². The molecule has 8 heteroatoms. The highest BCUT2D eigenvalue weighted by Crippen LogP contribution is 2.42. The highest BCUT2D eigenvalue weighted by atomic mass is 16.5. The number of rotatable bonds is 17. The Kier molecular flexibility index (Phi) is 12.7. The molecule has 0 bridgehead atoms. The Morgan fingerprint density at radius 3 is 2.29 bits per heavy atom. The number of carbonyl (C=O) groups is 2. The van der Waals surface area contributed by atoms with Crippen LogP contribution >= 0.6 is 0 Å². The van der Waals surface area contributed by atoms with Crippen molar-refractivity contribution in [1.82, 2.24) is 9.80 Å². The zero-order valence-electron chi connectivity index (χ0n) is 26.2. The van der Waals surface area contributed by atoms with Crippen LogP contribution in [0, 0.1) is 5.92 Å². The Labute approximate surface area is 251 Å². The molecule has 1 heterocycles. The normalized spacial score (nSPS) is 16.5. The van der Waals surface area contributed by atoms with Crippen LogP contribution in [0.4, 0.5) is 0 Å². The molecular weight excluding hydrogens is 532 g/mol. The average molecular weight is 581 g/mol. The Morgan fingerprint density at radius 2 is 1.67 bits per heavy atom. The number of hydrogen-bond acceptors (Lipinski definition) is 7. The third-order valence-electron chi connectivity index (χ3n) is 7.66. The van der Waals surface area contributed by atoms with Gasteiger partial charge in [-0.2, -0.15) is 0 Å². The van der Waals surface area contributed by atoms with E-state index in [0.29, 0.717) is 60.5 Å². The number of methoxy groups -OCH3 is 1. The topological polar surface area (TPSA) is 88.5 Å². The minimum atomic E-state index is -0.763. The van der Waals surface area contributed by atoms with Gasteiger partial charge in [0.2, 0.25) is 0 Å². The lowest BCUT2D eigenvalue weighted by molar-refractivity contribution is -0.140. The number of carbonyl (C=O) groups excluding carboxylic acids is 2. The van der Waals surface area contributed by atoms with Gasteiger partial charge in [-0.3, -0.25) is 9.59 Å². The smallest absolute Gasteiger partial charge is 0.295 e. The number of Topliss-reactive ketones (excluding diaryl/α,β-unsaturated/α-hetero) is 1. The Balaban J connectivity index is 2.00. The summed E-state index contributed by atoms with van der Waals surface area (Å²) in [6.07, 6.45) is 3.58. The predicted octanol–water partition coefficient (Wildman–Crippen LogP) is 6.45. The number of ether oxygens (including phenoxy) is 3. The van der Waals surface area contributed by atoms with Crippen LogP contribution < -0.4 is 14.2 Å². The van der Waals surface area contributed by atoms with Gasteiger partial charge in [0.05, 0.1) is 31.9 Å². The van der Waals surface area contributed by atoms with Crippen LogP contribution in [0.25, 0.3) is 5.76 Å². The molecule has 3 rings (SSSR count). The van der Waals surface area contributed by atoms with Crippen molar-refractivity contribution >= 4 is 17.4 Å². The van der Waals surface area contributed by atoms with E-state index < -0.39 is 17.7 Å². The molecule has 0 saturated carbocycles. The quantitative estimate of drug-likeness (QED) is 0.0995. The summed E-state index contributed by atoms with van der Waals surface area (Å²) in [5.41, 5.74) is 1.19. The maximum atomic E-state index is 13.5. The first kappa shape index (κ1) is 33.0. The van der Waals surface area contributed by atoms with Gasteiger partial charge in [-0.1, -0.05) is 47.1 Å². The van der Waals surface area contributed by atoms with E-state index in [2.05, 4.69) is 39.5 Å². The van der Waals surface area contributed by atoms with E-state index >= 15 is 0 Å². The van der Waals surface area contributed by atoms with Gasteiger partial charge >= 0.3 is 0 Å². The second kappa shape index (κ2) is 16.2. The van der Waals surface area contributed by atoms with Crippen molar-refractivity contribution in [3.8, 4) is 17.2 Å². The highest BCUT2D eigenvalue weighted by Gasteiger charge is 2.46. The third kappa shape index (κ3) is 8.28. The fourth-order valence-corrected chi connectivity index (χ4v) is 5.04. The second-order valence-corrected chi connectivity index (χ2v) is 11.0. The van der Waals surface area contributed by atoms with Crippen LogP contribution in [0.1, 0.15) is 77.5 Å². The molecule has 230 valence electrons.